The van der Waals surface area contributed by atoms with Crippen LogP contribution in [-0.2, 0) is 4.74 Å². The number of hydrogen-bond acceptors (Lipinski definition) is 4. The summed E-state index contributed by atoms with van der Waals surface area (Å²) >= 11 is 0. The maximum atomic E-state index is 11.7. The molecule has 0 aliphatic carbocycles. The third-order valence-corrected chi connectivity index (χ3v) is 3.68. The highest BCUT2D eigenvalue weighted by atomic mass is 16.5. The molecular formula is C19H30O4. The Hall–Kier alpha value is -1.71. The molecule has 23 heavy (non-hydrogen) atoms. The first kappa shape index (κ1) is 19.3. The van der Waals surface area contributed by atoms with Gasteiger partial charge in [0.05, 0.1) is 25.9 Å². The first-order valence-corrected chi connectivity index (χ1v) is 8.70. The van der Waals surface area contributed by atoms with Crippen LogP contribution in [0, 0.1) is 0 Å². The van der Waals surface area contributed by atoms with Crippen molar-refractivity contribution in [3.05, 3.63) is 23.8 Å². The van der Waals surface area contributed by atoms with Crippen LogP contribution in [0.25, 0.3) is 0 Å². The average Bonchev–Trinajstić information content (AvgIpc) is 2.57. The second kappa shape index (κ2) is 11.8. The molecule has 1 aromatic carbocycles. The minimum absolute atomic E-state index is 0.343. The van der Waals surface area contributed by atoms with E-state index in [0.29, 0.717) is 30.3 Å². The molecule has 1 rings (SSSR count). The van der Waals surface area contributed by atoms with E-state index in [1.165, 1.54) is 38.5 Å². The zero-order valence-electron chi connectivity index (χ0n) is 14.7. The smallest absolute Gasteiger partial charge is 0.338 e. The number of esters is 1. The van der Waals surface area contributed by atoms with Gasteiger partial charge >= 0.3 is 5.97 Å². The quantitative estimate of drug-likeness (QED) is 0.401. The Kier molecular flexibility index (Phi) is 9.92. The lowest BCUT2D eigenvalue weighted by Crippen LogP contribution is -2.06. The zero-order valence-corrected chi connectivity index (χ0v) is 14.7. The lowest BCUT2D eigenvalue weighted by atomic mass is 10.1. The minimum Gasteiger partial charge on any atom is -0.493 e. The standard InChI is InChI=1S/C19H30O4/c1-4-6-7-8-9-10-11-14-23-17-13-12-16(15-18(17)21-3)19(20)22-5-2/h12-13,15H,4-11,14H2,1-3H3. The summed E-state index contributed by atoms with van der Waals surface area (Å²) < 4.78 is 16.1. The van der Waals surface area contributed by atoms with Crippen molar-refractivity contribution in [3.8, 4) is 11.5 Å². The highest BCUT2D eigenvalue weighted by Gasteiger charge is 2.11. The van der Waals surface area contributed by atoms with Gasteiger partial charge in [-0.2, -0.15) is 0 Å². The van der Waals surface area contributed by atoms with Crippen molar-refractivity contribution in [1.29, 1.82) is 0 Å². The van der Waals surface area contributed by atoms with Gasteiger partial charge in [-0.25, -0.2) is 4.79 Å². The van der Waals surface area contributed by atoms with Gasteiger partial charge in [0.1, 0.15) is 0 Å². The maximum absolute atomic E-state index is 11.7. The first-order valence-electron chi connectivity index (χ1n) is 8.70. The van der Waals surface area contributed by atoms with E-state index in [1.807, 2.05) is 0 Å². The molecule has 0 unspecified atom stereocenters. The fourth-order valence-electron chi connectivity index (χ4n) is 2.37. The molecule has 0 amide bonds. The molecule has 0 spiro atoms. The van der Waals surface area contributed by atoms with Crippen molar-refractivity contribution in [1.82, 2.24) is 0 Å². The Morgan fingerprint density at radius 2 is 1.65 bits per heavy atom. The molecule has 0 saturated carbocycles. The summed E-state index contributed by atoms with van der Waals surface area (Å²) in [5.74, 6) is 0.898. The van der Waals surface area contributed by atoms with Crippen LogP contribution in [0.15, 0.2) is 18.2 Å². The highest BCUT2D eigenvalue weighted by Crippen LogP contribution is 2.28. The summed E-state index contributed by atoms with van der Waals surface area (Å²) in [5.41, 5.74) is 0.479. The second-order valence-corrected chi connectivity index (χ2v) is 5.56. The third-order valence-electron chi connectivity index (χ3n) is 3.68. The Bertz CT molecular complexity index is 457. The van der Waals surface area contributed by atoms with Gasteiger partial charge in [-0.15, -0.1) is 0 Å². The molecule has 130 valence electrons. The van der Waals surface area contributed by atoms with Crippen LogP contribution in [0.4, 0.5) is 0 Å². The second-order valence-electron chi connectivity index (χ2n) is 5.56. The third kappa shape index (κ3) is 7.40. The van der Waals surface area contributed by atoms with E-state index < -0.39 is 0 Å². The molecule has 0 heterocycles. The van der Waals surface area contributed by atoms with Crippen molar-refractivity contribution >= 4 is 5.97 Å². The van der Waals surface area contributed by atoms with Crippen LogP contribution >= 0.6 is 0 Å². The molecule has 0 aliphatic heterocycles. The Balaban J connectivity index is 2.37. The summed E-state index contributed by atoms with van der Waals surface area (Å²) in [6, 6.07) is 5.14. The van der Waals surface area contributed by atoms with Crippen molar-refractivity contribution in [2.45, 2.75) is 58.8 Å². The molecule has 0 atom stereocenters. The van der Waals surface area contributed by atoms with Gasteiger partial charge in [0, 0.05) is 0 Å². The fourth-order valence-corrected chi connectivity index (χ4v) is 2.37. The molecule has 4 nitrogen and oxygen atoms in total. The number of ether oxygens (including phenoxy) is 3. The van der Waals surface area contributed by atoms with Crippen molar-refractivity contribution in [2.75, 3.05) is 20.3 Å². The van der Waals surface area contributed by atoms with Gasteiger partial charge in [-0.05, 0) is 31.5 Å². The summed E-state index contributed by atoms with van der Waals surface area (Å²) in [6.07, 6.45) is 8.75. The van der Waals surface area contributed by atoms with Crippen molar-refractivity contribution in [3.63, 3.8) is 0 Å². The van der Waals surface area contributed by atoms with E-state index in [9.17, 15) is 4.79 Å². The van der Waals surface area contributed by atoms with Crippen LogP contribution in [0.3, 0.4) is 0 Å². The van der Waals surface area contributed by atoms with E-state index in [1.54, 1.807) is 32.2 Å². The largest absolute Gasteiger partial charge is 0.493 e. The van der Waals surface area contributed by atoms with Gasteiger partial charge in [0.25, 0.3) is 0 Å². The number of unbranched alkanes of at least 4 members (excludes halogenated alkanes) is 6. The number of carbonyl (C=O) groups is 1. The molecule has 0 aromatic heterocycles. The molecule has 4 heteroatoms. The van der Waals surface area contributed by atoms with Crippen molar-refractivity contribution in [2.24, 2.45) is 0 Å². The number of methoxy groups -OCH3 is 1. The summed E-state index contributed by atoms with van der Waals surface area (Å²) in [7, 11) is 1.57. The predicted octanol–water partition coefficient (Wildman–Crippen LogP) is 5.00. The van der Waals surface area contributed by atoms with Gasteiger partial charge in [0.15, 0.2) is 11.5 Å². The number of carbonyl (C=O) groups excluding carboxylic acids is 1. The van der Waals surface area contributed by atoms with Gasteiger partial charge < -0.3 is 14.2 Å². The van der Waals surface area contributed by atoms with Crippen LogP contribution in [0.2, 0.25) is 0 Å². The Morgan fingerprint density at radius 1 is 0.957 bits per heavy atom. The fraction of sp³-hybridized carbons (Fsp3) is 0.632. The molecular weight excluding hydrogens is 292 g/mol. The molecule has 0 bridgehead atoms. The Labute approximate surface area is 140 Å². The summed E-state index contributed by atoms with van der Waals surface area (Å²) in [6.45, 7) is 5.05. The Morgan fingerprint density at radius 3 is 2.30 bits per heavy atom. The monoisotopic (exact) mass is 322 g/mol. The number of benzene rings is 1. The van der Waals surface area contributed by atoms with E-state index in [0.717, 1.165) is 6.42 Å². The number of hydrogen-bond donors (Lipinski definition) is 0. The normalized spacial score (nSPS) is 10.4. The van der Waals surface area contributed by atoms with Crippen LogP contribution < -0.4 is 9.47 Å². The lowest BCUT2D eigenvalue weighted by molar-refractivity contribution is 0.0526. The van der Waals surface area contributed by atoms with E-state index in [-0.39, 0.29) is 5.97 Å². The van der Waals surface area contributed by atoms with E-state index >= 15 is 0 Å². The molecule has 0 N–H and O–H groups in total. The summed E-state index contributed by atoms with van der Waals surface area (Å²) in [4.78, 5) is 11.7. The first-order chi connectivity index (χ1) is 11.2. The van der Waals surface area contributed by atoms with Gasteiger partial charge in [-0.1, -0.05) is 45.4 Å². The molecule has 0 radical (unpaired) electrons. The van der Waals surface area contributed by atoms with E-state index in [4.69, 9.17) is 14.2 Å². The van der Waals surface area contributed by atoms with Crippen LogP contribution in [-0.4, -0.2) is 26.3 Å². The predicted molar refractivity (Wildman–Crippen MR) is 92.4 cm³/mol. The van der Waals surface area contributed by atoms with Crippen LogP contribution in [0.1, 0.15) is 69.2 Å². The van der Waals surface area contributed by atoms with Gasteiger partial charge in [-0.3, -0.25) is 0 Å². The SMILES string of the molecule is CCCCCCCCCOc1ccc(C(=O)OCC)cc1OC. The molecule has 0 aliphatic rings. The number of rotatable bonds is 12. The molecule has 1 aromatic rings. The van der Waals surface area contributed by atoms with E-state index in [2.05, 4.69) is 6.92 Å². The lowest BCUT2D eigenvalue weighted by Gasteiger charge is -2.12. The van der Waals surface area contributed by atoms with Crippen LogP contribution in [0.5, 0.6) is 11.5 Å². The summed E-state index contributed by atoms with van der Waals surface area (Å²) in [5, 5.41) is 0. The molecule has 0 fully saturated rings. The van der Waals surface area contributed by atoms with Crippen molar-refractivity contribution < 1.29 is 19.0 Å². The maximum Gasteiger partial charge on any atom is 0.338 e. The average molecular weight is 322 g/mol. The zero-order chi connectivity index (χ0) is 16.9. The topological polar surface area (TPSA) is 44.8 Å². The van der Waals surface area contributed by atoms with Gasteiger partial charge in [0.2, 0.25) is 0 Å². The highest BCUT2D eigenvalue weighted by molar-refractivity contribution is 5.90. The molecule has 0 saturated heterocycles. The minimum atomic E-state index is -0.343.